The molecule has 2 heterocycles. The number of anilines is 1. The molecule has 0 radical (unpaired) electrons. The van der Waals surface area contributed by atoms with Crippen LogP contribution in [0, 0.1) is 5.92 Å². The quantitative estimate of drug-likeness (QED) is 0.857. The number of piperidine rings is 1. The molecule has 1 saturated heterocycles. The van der Waals surface area contributed by atoms with Gasteiger partial charge < -0.3 is 10.0 Å². The van der Waals surface area contributed by atoms with Gasteiger partial charge in [0, 0.05) is 24.8 Å². The van der Waals surface area contributed by atoms with Crippen molar-refractivity contribution in [2.45, 2.75) is 38.2 Å². The van der Waals surface area contributed by atoms with Crippen LogP contribution in [0.15, 0.2) is 12.4 Å². The second-order valence-electron chi connectivity index (χ2n) is 5.23. The maximum Gasteiger partial charge on any atom is 0.132 e. The molecule has 1 N–H and O–H groups in total. The van der Waals surface area contributed by atoms with Crippen LogP contribution in [0.5, 0.6) is 0 Å². The predicted octanol–water partition coefficient (Wildman–Crippen LogP) is 1.39. The fourth-order valence-corrected chi connectivity index (χ4v) is 2.38. The smallest absolute Gasteiger partial charge is 0.132 e. The van der Waals surface area contributed by atoms with Gasteiger partial charge in [-0.05, 0) is 38.0 Å². The van der Waals surface area contributed by atoms with E-state index in [0.29, 0.717) is 0 Å². The van der Waals surface area contributed by atoms with Gasteiger partial charge in [0.15, 0.2) is 0 Å². The molecule has 2 fully saturated rings. The molecule has 1 aliphatic heterocycles. The molecule has 2 aliphatic rings. The Morgan fingerprint density at radius 3 is 2.65 bits per heavy atom. The van der Waals surface area contributed by atoms with Crippen molar-refractivity contribution in [1.82, 2.24) is 9.97 Å². The molecule has 1 saturated carbocycles. The molecule has 1 aromatic heterocycles. The van der Waals surface area contributed by atoms with Gasteiger partial charge in [-0.2, -0.15) is 0 Å². The zero-order valence-electron chi connectivity index (χ0n) is 10.0. The Labute approximate surface area is 102 Å². The van der Waals surface area contributed by atoms with Crippen LogP contribution in [-0.2, 0) is 6.42 Å². The molecule has 0 unspecified atom stereocenters. The monoisotopic (exact) mass is 233 g/mol. The summed E-state index contributed by atoms with van der Waals surface area (Å²) in [4.78, 5) is 10.9. The van der Waals surface area contributed by atoms with Gasteiger partial charge in [0.1, 0.15) is 12.1 Å². The van der Waals surface area contributed by atoms with E-state index in [1.165, 1.54) is 18.5 Å². The molecular weight excluding hydrogens is 214 g/mol. The fraction of sp³-hybridized carbons (Fsp3) is 0.692. The van der Waals surface area contributed by atoms with E-state index in [1.54, 1.807) is 6.33 Å². The van der Waals surface area contributed by atoms with Gasteiger partial charge in [-0.15, -0.1) is 0 Å². The van der Waals surface area contributed by atoms with E-state index in [2.05, 4.69) is 20.9 Å². The Bertz CT molecular complexity index is 384. The van der Waals surface area contributed by atoms with Crippen LogP contribution in [0.3, 0.4) is 0 Å². The summed E-state index contributed by atoms with van der Waals surface area (Å²) in [6.07, 6.45) is 7.07. The third-order valence-electron chi connectivity index (χ3n) is 3.69. The Kier molecular flexibility index (Phi) is 2.97. The highest BCUT2D eigenvalue weighted by Gasteiger charge is 2.23. The van der Waals surface area contributed by atoms with Gasteiger partial charge in [0.2, 0.25) is 0 Å². The minimum atomic E-state index is -0.126. The molecule has 0 aromatic carbocycles. The second-order valence-corrected chi connectivity index (χ2v) is 5.23. The number of aliphatic hydroxyl groups is 1. The van der Waals surface area contributed by atoms with Crippen LogP contribution in [-0.4, -0.2) is 34.3 Å². The van der Waals surface area contributed by atoms with Crippen LogP contribution >= 0.6 is 0 Å². The number of nitrogens with zero attached hydrogens (tertiary/aromatic N) is 3. The molecule has 0 atom stereocenters. The number of rotatable bonds is 3. The van der Waals surface area contributed by atoms with E-state index in [9.17, 15) is 5.11 Å². The van der Waals surface area contributed by atoms with Crippen molar-refractivity contribution < 1.29 is 5.11 Å². The maximum absolute atomic E-state index is 9.50. The van der Waals surface area contributed by atoms with E-state index in [4.69, 9.17) is 0 Å². The normalized spacial score (nSPS) is 21.8. The minimum Gasteiger partial charge on any atom is -0.393 e. The van der Waals surface area contributed by atoms with Crippen molar-refractivity contribution in [3.63, 3.8) is 0 Å². The lowest BCUT2D eigenvalue weighted by molar-refractivity contribution is 0.145. The Balaban J connectivity index is 1.68. The summed E-state index contributed by atoms with van der Waals surface area (Å²) in [6.45, 7) is 1.81. The highest BCUT2D eigenvalue weighted by atomic mass is 16.3. The number of hydrogen-bond acceptors (Lipinski definition) is 4. The first-order valence-corrected chi connectivity index (χ1v) is 6.55. The SMILES string of the molecule is OC1CCN(c2cc(CC3CC3)ncn2)CC1. The van der Waals surface area contributed by atoms with Gasteiger partial charge >= 0.3 is 0 Å². The molecule has 4 nitrogen and oxygen atoms in total. The third-order valence-corrected chi connectivity index (χ3v) is 3.69. The molecule has 4 heteroatoms. The summed E-state index contributed by atoms with van der Waals surface area (Å²) in [5.41, 5.74) is 1.17. The van der Waals surface area contributed by atoms with Gasteiger partial charge in [0.25, 0.3) is 0 Å². The van der Waals surface area contributed by atoms with Gasteiger partial charge in [-0.1, -0.05) is 0 Å². The minimum absolute atomic E-state index is 0.126. The molecule has 0 spiro atoms. The van der Waals surface area contributed by atoms with Crippen LogP contribution in [0.2, 0.25) is 0 Å². The first-order valence-electron chi connectivity index (χ1n) is 6.55. The maximum atomic E-state index is 9.50. The molecule has 1 aliphatic carbocycles. The van der Waals surface area contributed by atoms with E-state index >= 15 is 0 Å². The lowest BCUT2D eigenvalue weighted by Gasteiger charge is -2.30. The average Bonchev–Trinajstić information content (AvgIpc) is 3.14. The fourth-order valence-electron chi connectivity index (χ4n) is 2.38. The van der Waals surface area contributed by atoms with Crippen molar-refractivity contribution in [2.24, 2.45) is 5.92 Å². The van der Waals surface area contributed by atoms with Gasteiger partial charge in [-0.3, -0.25) is 0 Å². The molecular formula is C13H19N3O. The lowest BCUT2D eigenvalue weighted by atomic mass is 10.1. The predicted molar refractivity (Wildman–Crippen MR) is 65.9 cm³/mol. The number of hydrogen-bond donors (Lipinski definition) is 1. The number of aliphatic hydroxyl groups excluding tert-OH is 1. The van der Waals surface area contributed by atoms with Gasteiger partial charge in [0.05, 0.1) is 6.10 Å². The summed E-state index contributed by atoms with van der Waals surface area (Å²) < 4.78 is 0. The van der Waals surface area contributed by atoms with Crippen LogP contribution < -0.4 is 4.90 Å². The summed E-state index contributed by atoms with van der Waals surface area (Å²) in [7, 11) is 0. The summed E-state index contributed by atoms with van der Waals surface area (Å²) in [5.74, 6) is 1.89. The lowest BCUT2D eigenvalue weighted by Crippen LogP contribution is -2.36. The zero-order valence-corrected chi connectivity index (χ0v) is 10.0. The van der Waals surface area contributed by atoms with Crippen LogP contribution in [0.1, 0.15) is 31.4 Å². The molecule has 3 rings (SSSR count). The Morgan fingerprint density at radius 1 is 1.18 bits per heavy atom. The average molecular weight is 233 g/mol. The summed E-state index contributed by atoms with van der Waals surface area (Å²) in [5, 5.41) is 9.50. The summed E-state index contributed by atoms with van der Waals surface area (Å²) in [6, 6.07) is 2.12. The first kappa shape index (κ1) is 11.0. The van der Waals surface area contributed by atoms with E-state index in [-0.39, 0.29) is 6.10 Å². The Morgan fingerprint density at radius 2 is 1.94 bits per heavy atom. The van der Waals surface area contributed by atoms with Crippen molar-refractivity contribution in [2.75, 3.05) is 18.0 Å². The van der Waals surface area contributed by atoms with Crippen molar-refractivity contribution >= 4 is 5.82 Å². The largest absolute Gasteiger partial charge is 0.393 e. The highest BCUT2D eigenvalue weighted by molar-refractivity contribution is 5.39. The molecule has 17 heavy (non-hydrogen) atoms. The molecule has 1 aromatic rings. The molecule has 0 amide bonds. The van der Waals surface area contributed by atoms with E-state index in [0.717, 1.165) is 44.1 Å². The Hall–Kier alpha value is -1.16. The second kappa shape index (κ2) is 4.61. The zero-order chi connectivity index (χ0) is 11.7. The third kappa shape index (κ3) is 2.75. The molecule has 92 valence electrons. The first-order chi connectivity index (χ1) is 8.31. The standard InChI is InChI=1S/C13H19N3O/c17-12-3-5-16(6-4-12)13-8-11(14-9-15-13)7-10-1-2-10/h8-10,12,17H,1-7H2. The van der Waals surface area contributed by atoms with Crippen molar-refractivity contribution in [3.05, 3.63) is 18.1 Å². The van der Waals surface area contributed by atoms with Crippen molar-refractivity contribution in [1.29, 1.82) is 0 Å². The van der Waals surface area contributed by atoms with Crippen molar-refractivity contribution in [3.8, 4) is 0 Å². The molecule has 0 bridgehead atoms. The topological polar surface area (TPSA) is 49.2 Å². The van der Waals surface area contributed by atoms with E-state index < -0.39 is 0 Å². The highest BCUT2D eigenvalue weighted by Crippen LogP contribution is 2.32. The van der Waals surface area contributed by atoms with E-state index in [1.807, 2.05) is 0 Å². The number of aromatic nitrogens is 2. The summed E-state index contributed by atoms with van der Waals surface area (Å²) >= 11 is 0. The van der Waals surface area contributed by atoms with Crippen LogP contribution in [0.4, 0.5) is 5.82 Å². The van der Waals surface area contributed by atoms with Crippen LogP contribution in [0.25, 0.3) is 0 Å². The van der Waals surface area contributed by atoms with Gasteiger partial charge in [-0.25, -0.2) is 9.97 Å².